The summed E-state index contributed by atoms with van der Waals surface area (Å²) in [5, 5.41) is 6.06. The number of hydrogen-bond acceptors (Lipinski definition) is 3. The monoisotopic (exact) mass is 212 g/mol. The average molecular weight is 212 g/mol. The van der Waals surface area contributed by atoms with Crippen molar-refractivity contribution in [3.63, 3.8) is 0 Å². The molecule has 86 valence electrons. The van der Waals surface area contributed by atoms with Crippen LogP contribution in [0.4, 0.5) is 0 Å². The van der Waals surface area contributed by atoms with E-state index in [4.69, 9.17) is 4.74 Å². The lowest BCUT2D eigenvalue weighted by molar-refractivity contribution is -0.123. The summed E-state index contributed by atoms with van der Waals surface area (Å²) in [6.07, 6.45) is 4.71. The number of hydrogen-bond donors (Lipinski definition) is 2. The molecule has 0 aromatic carbocycles. The maximum Gasteiger partial charge on any atom is 0.237 e. The van der Waals surface area contributed by atoms with Gasteiger partial charge in [0.15, 0.2) is 0 Å². The predicted octanol–water partition coefficient (Wildman–Crippen LogP) is 0.281. The first-order valence-electron chi connectivity index (χ1n) is 5.95. The van der Waals surface area contributed by atoms with Crippen LogP contribution in [0.15, 0.2) is 0 Å². The van der Waals surface area contributed by atoms with E-state index in [9.17, 15) is 4.79 Å². The first kappa shape index (κ1) is 10.9. The molecule has 4 heteroatoms. The molecule has 1 atom stereocenters. The van der Waals surface area contributed by atoms with Crippen LogP contribution >= 0.6 is 0 Å². The Balaban J connectivity index is 1.46. The minimum Gasteiger partial charge on any atom is -0.379 e. The van der Waals surface area contributed by atoms with E-state index < -0.39 is 0 Å². The summed E-state index contributed by atoms with van der Waals surface area (Å²) >= 11 is 0. The van der Waals surface area contributed by atoms with Gasteiger partial charge in [0.05, 0.1) is 12.6 Å². The third-order valence-corrected chi connectivity index (χ3v) is 2.97. The van der Waals surface area contributed by atoms with Gasteiger partial charge in [-0.1, -0.05) is 0 Å². The zero-order valence-corrected chi connectivity index (χ0v) is 9.13. The van der Waals surface area contributed by atoms with Gasteiger partial charge in [0.2, 0.25) is 5.91 Å². The Morgan fingerprint density at radius 3 is 2.93 bits per heavy atom. The number of amides is 1. The molecule has 4 nitrogen and oxygen atoms in total. The third-order valence-electron chi connectivity index (χ3n) is 2.97. The molecule has 0 aromatic heterocycles. The first-order valence-corrected chi connectivity index (χ1v) is 5.95. The van der Waals surface area contributed by atoms with E-state index in [2.05, 4.69) is 10.6 Å². The smallest absolute Gasteiger partial charge is 0.237 e. The van der Waals surface area contributed by atoms with E-state index in [1.807, 2.05) is 0 Å². The van der Waals surface area contributed by atoms with Crippen molar-refractivity contribution in [1.82, 2.24) is 10.6 Å². The van der Waals surface area contributed by atoms with E-state index in [-0.39, 0.29) is 11.9 Å². The normalized spacial score (nSPS) is 25.5. The molecule has 1 saturated carbocycles. The van der Waals surface area contributed by atoms with Gasteiger partial charge in [-0.05, 0) is 38.1 Å². The highest BCUT2D eigenvalue weighted by atomic mass is 16.5. The Bertz CT molecular complexity index is 211. The van der Waals surface area contributed by atoms with Crippen molar-refractivity contribution in [2.24, 2.45) is 5.92 Å². The molecule has 1 aliphatic carbocycles. The van der Waals surface area contributed by atoms with Crippen molar-refractivity contribution in [2.45, 2.75) is 31.7 Å². The van der Waals surface area contributed by atoms with E-state index in [1.165, 1.54) is 12.8 Å². The van der Waals surface area contributed by atoms with Crippen LogP contribution in [-0.4, -0.2) is 38.3 Å². The molecule has 0 unspecified atom stereocenters. The largest absolute Gasteiger partial charge is 0.379 e. The molecule has 0 aromatic rings. The fourth-order valence-electron chi connectivity index (χ4n) is 1.81. The number of ether oxygens (including phenoxy) is 1. The molecule has 2 N–H and O–H groups in total. The lowest BCUT2D eigenvalue weighted by Gasteiger charge is -2.10. The van der Waals surface area contributed by atoms with Crippen LogP contribution < -0.4 is 10.6 Å². The van der Waals surface area contributed by atoms with Crippen molar-refractivity contribution in [1.29, 1.82) is 0 Å². The van der Waals surface area contributed by atoms with Crippen LogP contribution in [-0.2, 0) is 9.53 Å². The SMILES string of the molecule is O=C(NCCOCC1CC1)[C@H]1CCCN1. The Morgan fingerprint density at radius 2 is 2.27 bits per heavy atom. The van der Waals surface area contributed by atoms with Crippen LogP contribution in [0.5, 0.6) is 0 Å². The van der Waals surface area contributed by atoms with E-state index in [1.54, 1.807) is 0 Å². The Kier molecular flexibility index (Phi) is 3.97. The lowest BCUT2D eigenvalue weighted by atomic mass is 10.2. The molecule has 0 spiro atoms. The summed E-state index contributed by atoms with van der Waals surface area (Å²) in [6.45, 7) is 3.13. The van der Waals surface area contributed by atoms with Gasteiger partial charge < -0.3 is 15.4 Å². The minimum atomic E-state index is 0.0356. The summed E-state index contributed by atoms with van der Waals surface area (Å²) in [5.41, 5.74) is 0. The van der Waals surface area contributed by atoms with Crippen LogP contribution in [0, 0.1) is 5.92 Å². The van der Waals surface area contributed by atoms with Crippen molar-refractivity contribution >= 4 is 5.91 Å². The van der Waals surface area contributed by atoms with Gasteiger partial charge in [0, 0.05) is 13.2 Å². The highest BCUT2D eigenvalue weighted by Crippen LogP contribution is 2.28. The van der Waals surface area contributed by atoms with Gasteiger partial charge >= 0.3 is 0 Å². The van der Waals surface area contributed by atoms with E-state index in [0.717, 1.165) is 31.9 Å². The second-order valence-corrected chi connectivity index (χ2v) is 4.46. The van der Waals surface area contributed by atoms with Gasteiger partial charge in [0.25, 0.3) is 0 Å². The maximum absolute atomic E-state index is 11.5. The molecular weight excluding hydrogens is 192 g/mol. The Hall–Kier alpha value is -0.610. The average Bonchev–Trinajstić information content (AvgIpc) is 2.90. The standard InChI is InChI=1S/C11H20N2O2/c14-11(10-2-1-5-12-10)13-6-7-15-8-9-3-4-9/h9-10,12H,1-8H2,(H,13,14)/t10-/m1/s1. The molecule has 1 amide bonds. The summed E-state index contributed by atoms with van der Waals surface area (Å²) in [5.74, 6) is 0.930. The van der Waals surface area contributed by atoms with Crippen LogP contribution in [0.3, 0.4) is 0 Å². The molecule has 1 heterocycles. The van der Waals surface area contributed by atoms with Gasteiger partial charge in [-0.15, -0.1) is 0 Å². The van der Waals surface area contributed by atoms with Crippen LogP contribution in [0.2, 0.25) is 0 Å². The van der Waals surface area contributed by atoms with Gasteiger partial charge in [-0.3, -0.25) is 4.79 Å². The van der Waals surface area contributed by atoms with Crippen molar-refractivity contribution in [3.05, 3.63) is 0 Å². The maximum atomic E-state index is 11.5. The lowest BCUT2D eigenvalue weighted by Crippen LogP contribution is -2.41. The number of carbonyl (C=O) groups is 1. The molecule has 0 radical (unpaired) electrons. The highest BCUT2D eigenvalue weighted by molar-refractivity contribution is 5.81. The molecular formula is C11H20N2O2. The van der Waals surface area contributed by atoms with E-state index in [0.29, 0.717) is 13.2 Å². The summed E-state index contributed by atoms with van der Waals surface area (Å²) < 4.78 is 5.44. The van der Waals surface area contributed by atoms with Gasteiger partial charge in [0.1, 0.15) is 0 Å². The fourth-order valence-corrected chi connectivity index (χ4v) is 1.81. The summed E-state index contributed by atoms with van der Waals surface area (Å²) in [7, 11) is 0. The Labute approximate surface area is 90.8 Å². The minimum absolute atomic E-state index is 0.0356. The second kappa shape index (κ2) is 5.47. The number of carbonyl (C=O) groups excluding carboxylic acids is 1. The van der Waals surface area contributed by atoms with Crippen molar-refractivity contribution < 1.29 is 9.53 Å². The zero-order valence-electron chi connectivity index (χ0n) is 9.13. The molecule has 2 fully saturated rings. The molecule has 1 saturated heterocycles. The van der Waals surface area contributed by atoms with Gasteiger partial charge in [-0.2, -0.15) is 0 Å². The third kappa shape index (κ3) is 3.80. The van der Waals surface area contributed by atoms with E-state index >= 15 is 0 Å². The second-order valence-electron chi connectivity index (χ2n) is 4.46. The molecule has 2 aliphatic rings. The molecule has 1 aliphatic heterocycles. The predicted molar refractivity (Wildman–Crippen MR) is 57.6 cm³/mol. The highest BCUT2D eigenvalue weighted by Gasteiger charge is 2.22. The van der Waals surface area contributed by atoms with Crippen molar-refractivity contribution in [2.75, 3.05) is 26.3 Å². The fraction of sp³-hybridized carbons (Fsp3) is 0.909. The Morgan fingerprint density at radius 1 is 1.40 bits per heavy atom. The topological polar surface area (TPSA) is 50.4 Å². The van der Waals surface area contributed by atoms with Crippen LogP contribution in [0.25, 0.3) is 0 Å². The molecule has 15 heavy (non-hydrogen) atoms. The first-order chi connectivity index (χ1) is 7.36. The number of nitrogens with one attached hydrogen (secondary N) is 2. The zero-order chi connectivity index (χ0) is 10.5. The van der Waals surface area contributed by atoms with Gasteiger partial charge in [-0.25, -0.2) is 0 Å². The van der Waals surface area contributed by atoms with Crippen LogP contribution in [0.1, 0.15) is 25.7 Å². The molecule has 0 bridgehead atoms. The number of rotatable bonds is 6. The molecule has 2 rings (SSSR count). The summed E-state index contributed by atoms with van der Waals surface area (Å²) in [6, 6.07) is 0.0356. The van der Waals surface area contributed by atoms with Crippen molar-refractivity contribution in [3.8, 4) is 0 Å². The summed E-state index contributed by atoms with van der Waals surface area (Å²) in [4.78, 5) is 11.5. The quantitative estimate of drug-likeness (QED) is 0.622.